The fourth-order valence-corrected chi connectivity index (χ4v) is 4.49. The number of nitrogens with zero attached hydrogens (tertiary/aromatic N) is 2. The van der Waals surface area contributed by atoms with Crippen LogP contribution in [0.4, 0.5) is 4.39 Å². The largest absolute Gasteiger partial charge is 0.355 e. The number of likely N-dealkylation sites (tertiary alicyclic amines) is 2. The van der Waals surface area contributed by atoms with Crippen LogP contribution >= 0.6 is 0 Å². The summed E-state index contributed by atoms with van der Waals surface area (Å²) in [4.78, 5) is 17.7. The Morgan fingerprint density at radius 1 is 1.22 bits per heavy atom. The third-order valence-corrected chi connectivity index (χ3v) is 6.17. The zero-order chi connectivity index (χ0) is 19.2. The van der Waals surface area contributed by atoms with E-state index in [4.69, 9.17) is 0 Å². The lowest BCUT2D eigenvalue weighted by molar-refractivity contribution is -0.127. The summed E-state index contributed by atoms with van der Waals surface area (Å²) < 4.78 is 13.2. The van der Waals surface area contributed by atoms with E-state index < -0.39 is 0 Å². The van der Waals surface area contributed by atoms with E-state index >= 15 is 0 Å². The summed E-state index contributed by atoms with van der Waals surface area (Å²) >= 11 is 0. The number of amides is 1. The molecule has 1 aromatic carbocycles. The number of rotatable bonds is 6. The molecule has 150 valence electrons. The SMILES string of the molecule is CC(C)N1CCC(N2CCC[C@@H](C(=O)NCCc3cccc(F)c3)C2)CC1. The van der Waals surface area contributed by atoms with Crippen LogP contribution in [0, 0.1) is 11.7 Å². The lowest BCUT2D eigenvalue weighted by atomic mass is 9.93. The van der Waals surface area contributed by atoms with E-state index in [0.717, 1.165) is 31.5 Å². The topological polar surface area (TPSA) is 35.6 Å². The van der Waals surface area contributed by atoms with Crippen molar-refractivity contribution in [2.45, 2.75) is 58.0 Å². The van der Waals surface area contributed by atoms with Crippen LogP contribution in [0.1, 0.15) is 45.1 Å². The minimum absolute atomic E-state index is 0.0920. The van der Waals surface area contributed by atoms with Gasteiger partial charge in [-0.15, -0.1) is 0 Å². The van der Waals surface area contributed by atoms with Crippen molar-refractivity contribution in [3.8, 4) is 0 Å². The van der Waals surface area contributed by atoms with Gasteiger partial charge in [0.15, 0.2) is 0 Å². The van der Waals surface area contributed by atoms with Gasteiger partial charge in [0.05, 0.1) is 5.92 Å². The van der Waals surface area contributed by atoms with E-state index in [1.54, 1.807) is 6.07 Å². The molecule has 0 bridgehead atoms. The molecule has 2 heterocycles. The average Bonchev–Trinajstić information content (AvgIpc) is 2.68. The van der Waals surface area contributed by atoms with Gasteiger partial charge in [0.1, 0.15) is 5.82 Å². The average molecular weight is 376 g/mol. The Bertz CT molecular complexity index is 613. The van der Waals surface area contributed by atoms with E-state index in [2.05, 4.69) is 29.0 Å². The summed E-state index contributed by atoms with van der Waals surface area (Å²) in [5, 5.41) is 3.07. The highest BCUT2D eigenvalue weighted by atomic mass is 19.1. The number of carbonyl (C=O) groups is 1. The van der Waals surface area contributed by atoms with Crippen molar-refractivity contribution in [2.75, 3.05) is 32.7 Å². The minimum atomic E-state index is -0.217. The smallest absolute Gasteiger partial charge is 0.224 e. The molecule has 27 heavy (non-hydrogen) atoms. The summed E-state index contributed by atoms with van der Waals surface area (Å²) in [6.45, 7) is 9.46. The Kier molecular flexibility index (Phi) is 7.25. The summed E-state index contributed by atoms with van der Waals surface area (Å²) in [6.07, 6.45) is 5.19. The zero-order valence-corrected chi connectivity index (χ0v) is 16.8. The van der Waals surface area contributed by atoms with Crippen molar-refractivity contribution < 1.29 is 9.18 Å². The summed E-state index contributed by atoms with van der Waals surface area (Å²) in [6, 6.07) is 7.87. The van der Waals surface area contributed by atoms with Crippen molar-refractivity contribution >= 4 is 5.91 Å². The molecule has 2 aliphatic rings. The minimum Gasteiger partial charge on any atom is -0.355 e. The Balaban J connectivity index is 1.43. The summed E-state index contributed by atoms with van der Waals surface area (Å²) in [5.74, 6) is 0.0374. The molecule has 0 aliphatic carbocycles. The number of nitrogens with one attached hydrogen (secondary N) is 1. The van der Waals surface area contributed by atoms with Crippen molar-refractivity contribution in [1.82, 2.24) is 15.1 Å². The first-order chi connectivity index (χ1) is 13.0. The second-order valence-corrected chi connectivity index (χ2v) is 8.37. The molecule has 0 saturated carbocycles. The molecule has 4 nitrogen and oxygen atoms in total. The monoisotopic (exact) mass is 375 g/mol. The van der Waals surface area contributed by atoms with Crippen molar-refractivity contribution in [3.63, 3.8) is 0 Å². The Morgan fingerprint density at radius 2 is 2.00 bits per heavy atom. The molecule has 3 rings (SSSR count). The predicted molar refractivity (Wildman–Crippen MR) is 107 cm³/mol. The van der Waals surface area contributed by atoms with E-state index in [0.29, 0.717) is 25.0 Å². The molecule has 5 heteroatoms. The number of benzene rings is 1. The van der Waals surface area contributed by atoms with Crippen LogP contribution in [0.3, 0.4) is 0 Å². The molecule has 0 unspecified atom stereocenters. The highest BCUT2D eigenvalue weighted by molar-refractivity contribution is 5.79. The van der Waals surface area contributed by atoms with E-state index in [-0.39, 0.29) is 17.6 Å². The molecular formula is C22H34FN3O. The van der Waals surface area contributed by atoms with Gasteiger partial charge < -0.3 is 10.2 Å². The standard InChI is InChI=1S/C22H34FN3O/c1-17(2)25-13-9-21(10-14-25)26-12-4-6-19(16-26)22(27)24-11-8-18-5-3-7-20(23)15-18/h3,5,7,15,17,19,21H,4,6,8-14,16H2,1-2H3,(H,24,27)/t19-/m1/s1. The third kappa shape index (κ3) is 5.76. The van der Waals surface area contributed by atoms with E-state index in [9.17, 15) is 9.18 Å². The lowest BCUT2D eigenvalue weighted by Crippen LogP contribution is -2.51. The molecular weight excluding hydrogens is 341 g/mol. The number of hydrogen-bond donors (Lipinski definition) is 1. The van der Waals surface area contributed by atoms with Gasteiger partial charge in [-0.2, -0.15) is 0 Å². The number of halogens is 1. The van der Waals surface area contributed by atoms with Crippen molar-refractivity contribution in [2.24, 2.45) is 5.92 Å². The second-order valence-electron chi connectivity index (χ2n) is 8.37. The molecule has 1 aromatic rings. The Labute approximate surface area is 163 Å². The van der Waals surface area contributed by atoms with Gasteiger partial charge in [-0.05, 0) is 83.3 Å². The lowest BCUT2D eigenvalue weighted by Gasteiger charge is -2.43. The second kappa shape index (κ2) is 9.65. The van der Waals surface area contributed by atoms with Gasteiger partial charge in [0.2, 0.25) is 5.91 Å². The van der Waals surface area contributed by atoms with Crippen LogP contribution < -0.4 is 5.32 Å². The third-order valence-electron chi connectivity index (χ3n) is 6.17. The van der Waals surface area contributed by atoms with Gasteiger partial charge in [-0.1, -0.05) is 12.1 Å². The summed E-state index contributed by atoms with van der Waals surface area (Å²) in [5.41, 5.74) is 0.928. The van der Waals surface area contributed by atoms with Gasteiger partial charge in [-0.25, -0.2) is 4.39 Å². The van der Waals surface area contributed by atoms with Crippen molar-refractivity contribution in [3.05, 3.63) is 35.6 Å². The van der Waals surface area contributed by atoms with Gasteiger partial charge in [0.25, 0.3) is 0 Å². The van der Waals surface area contributed by atoms with Crippen LogP contribution in [0.2, 0.25) is 0 Å². The maximum absolute atomic E-state index is 13.2. The van der Waals surface area contributed by atoms with Gasteiger partial charge in [0, 0.05) is 25.2 Å². The first kappa shape index (κ1) is 20.3. The highest BCUT2D eigenvalue weighted by Crippen LogP contribution is 2.24. The van der Waals surface area contributed by atoms with E-state index in [1.807, 2.05) is 6.07 Å². The van der Waals surface area contributed by atoms with Crippen LogP contribution in [-0.4, -0.2) is 60.5 Å². The molecule has 2 saturated heterocycles. The quantitative estimate of drug-likeness (QED) is 0.830. The normalized spacial score (nSPS) is 22.9. The molecule has 1 N–H and O–H groups in total. The zero-order valence-electron chi connectivity index (χ0n) is 16.8. The number of carbonyl (C=O) groups excluding carboxylic acids is 1. The van der Waals surface area contributed by atoms with Crippen LogP contribution in [0.15, 0.2) is 24.3 Å². The molecule has 2 aliphatic heterocycles. The van der Waals surface area contributed by atoms with Gasteiger partial charge >= 0.3 is 0 Å². The number of hydrogen-bond acceptors (Lipinski definition) is 3. The van der Waals surface area contributed by atoms with E-state index in [1.165, 1.54) is 38.1 Å². The molecule has 1 atom stereocenters. The highest BCUT2D eigenvalue weighted by Gasteiger charge is 2.31. The number of piperidine rings is 2. The molecule has 2 fully saturated rings. The Hall–Kier alpha value is -1.46. The molecule has 1 amide bonds. The predicted octanol–water partition coefficient (Wildman–Crippen LogP) is 3.07. The fourth-order valence-electron chi connectivity index (χ4n) is 4.49. The first-order valence-electron chi connectivity index (χ1n) is 10.5. The molecule has 0 spiro atoms. The maximum Gasteiger partial charge on any atom is 0.224 e. The van der Waals surface area contributed by atoms with Crippen molar-refractivity contribution in [1.29, 1.82) is 0 Å². The molecule has 0 aromatic heterocycles. The molecule has 0 radical (unpaired) electrons. The van der Waals surface area contributed by atoms with Crippen LogP contribution in [-0.2, 0) is 11.2 Å². The van der Waals surface area contributed by atoms with Gasteiger partial charge in [-0.3, -0.25) is 9.69 Å². The Morgan fingerprint density at radius 3 is 2.70 bits per heavy atom. The fraction of sp³-hybridized carbons (Fsp3) is 0.682. The van der Waals surface area contributed by atoms with Crippen LogP contribution in [0.25, 0.3) is 0 Å². The first-order valence-corrected chi connectivity index (χ1v) is 10.5. The van der Waals surface area contributed by atoms with Crippen LogP contribution in [0.5, 0.6) is 0 Å². The maximum atomic E-state index is 13.2. The summed E-state index contributed by atoms with van der Waals surface area (Å²) in [7, 11) is 0.